The van der Waals surface area contributed by atoms with Gasteiger partial charge in [0.05, 0.1) is 11.7 Å². The van der Waals surface area contributed by atoms with Gasteiger partial charge in [-0.2, -0.15) is 0 Å². The molecular weight excluding hydrogens is 316 g/mol. The average molecular weight is 331 g/mol. The fourth-order valence-electron chi connectivity index (χ4n) is 2.88. The first-order chi connectivity index (χ1) is 11.2. The van der Waals surface area contributed by atoms with E-state index in [2.05, 4.69) is 30.5 Å². The Hall–Kier alpha value is -2.48. The van der Waals surface area contributed by atoms with Crippen molar-refractivity contribution in [2.75, 3.05) is 11.4 Å². The van der Waals surface area contributed by atoms with E-state index in [1.54, 1.807) is 6.33 Å². The summed E-state index contributed by atoms with van der Waals surface area (Å²) in [4.78, 5) is 3.68. The van der Waals surface area contributed by atoms with Gasteiger partial charge in [-0.3, -0.25) is 0 Å². The Labute approximate surface area is 137 Å². The monoisotopic (exact) mass is 330 g/mol. The van der Waals surface area contributed by atoms with Crippen molar-refractivity contribution in [1.29, 1.82) is 0 Å². The summed E-state index contributed by atoms with van der Waals surface area (Å²) in [5, 5.41) is 21.7. The molecule has 0 amide bonds. The van der Waals surface area contributed by atoms with Crippen molar-refractivity contribution in [3.8, 4) is 5.69 Å². The van der Waals surface area contributed by atoms with Gasteiger partial charge in [0.15, 0.2) is 5.82 Å². The van der Waals surface area contributed by atoms with Crippen LogP contribution in [0.2, 0.25) is 5.02 Å². The largest absolute Gasteiger partial charge is 0.331 e. The van der Waals surface area contributed by atoms with Crippen molar-refractivity contribution in [1.82, 2.24) is 35.0 Å². The first-order valence-electron chi connectivity index (χ1n) is 7.39. The lowest BCUT2D eigenvalue weighted by molar-refractivity contribution is 0.639. The van der Waals surface area contributed by atoms with Crippen LogP contribution in [0.15, 0.2) is 30.6 Å². The van der Waals surface area contributed by atoms with Crippen LogP contribution in [-0.4, -0.2) is 41.5 Å². The van der Waals surface area contributed by atoms with E-state index in [0.717, 1.165) is 31.0 Å². The quantitative estimate of drug-likeness (QED) is 0.728. The lowest BCUT2D eigenvalue weighted by atomic mass is 10.2. The van der Waals surface area contributed by atoms with Gasteiger partial charge in [-0.25, -0.2) is 0 Å². The second-order valence-corrected chi connectivity index (χ2v) is 5.95. The number of anilines is 1. The maximum atomic E-state index is 6.02. The molecule has 0 aliphatic carbocycles. The zero-order valence-electron chi connectivity index (χ0n) is 12.5. The summed E-state index contributed by atoms with van der Waals surface area (Å²) in [5.41, 5.74) is 0.791. The van der Waals surface area contributed by atoms with Crippen LogP contribution in [0.1, 0.15) is 24.7 Å². The number of rotatable bonds is 3. The van der Waals surface area contributed by atoms with Crippen LogP contribution in [0.3, 0.4) is 0 Å². The Kier molecular flexibility index (Phi) is 3.45. The molecule has 0 radical (unpaired) electrons. The number of halogens is 1. The predicted molar refractivity (Wildman–Crippen MR) is 84.5 cm³/mol. The summed E-state index contributed by atoms with van der Waals surface area (Å²) in [6, 6.07) is 7.44. The van der Waals surface area contributed by atoms with E-state index in [1.807, 2.05) is 35.9 Å². The molecular formula is C14H15ClN8. The van der Waals surface area contributed by atoms with Crippen molar-refractivity contribution in [2.24, 2.45) is 7.05 Å². The zero-order valence-corrected chi connectivity index (χ0v) is 13.3. The molecule has 1 aliphatic rings. The Morgan fingerprint density at radius 2 is 2.17 bits per heavy atom. The Morgan fingerprint density at radius 3 is 2.96 bits per heavy atom. The minimum Gasteiger partial charge on any atom is -0.331 e. The van der Waals surface area contributed by atoms with Gasteiger partial charge in [0.25, 0.3) is 0 Å². The van der Waals surface area contributed by atoms with Gasteiger partial charge in [0, 0.05) is 18.6 Å². The molecule has 8 nitrogen and oxygen atoms in total. The summed E-state index contributed by atoms with van der Waals surface area (Å²) < 4.78 is 1.90. The van der Waals surface area contributed by atoms with Gasteiger partial charge >= 0.3 is 0 Å². The molecule has 1 fully saturated rings. The molecule has 0 N–H and O–H groups in total. The van der Waals surface area contributed by atoms with Crippen molar-refractivity contribution >= 4 is 17.5 Å². The third-order valence-corrected chi connectivity index (χ3v) is 4.20. The number of tetrazole rings is 1. The van der Waals surface area contributed by atoms with Gasteiger partial charge < -0.3 is 9.47 Å². The second kappa shape index (κ2) is 5.62. The summed E-state index contributed by atoms with van der Waals surface area (Å²) in [5.74, 6) is 1.51. The maximum absolute atomic E-state index is 6.02. The molecule has 9 heteroatoms. The molecule has 0 bridgehead atoms. The minimum atomic E-state index is 0.0610. The van der Waals surface area contributed by atoms with E-state index < -0.39 is 0 Å². The number of nitrogens with zero attached hydrogens (tertiary/aromatic N) is 8. The number of hydrogen-bond acceptors (Lipinski definition) is 6. The van der Waals surface area contributed by atoms with Crippen LogP contribution in [0.25, 0.3) is 5.69 Å². The molecule has 1 aromatic carbocycles. The van der Waals surface area contributed by atoms with Crippen molar-refractivity contribution < 1.29 is 0 Å². The fraction of sp³-hybridized carbons (Fsp3) is 0.357. The van der Waals surface area contributed by atoms with Crippen LogP contribution in [0.4, 0.5) is 5.95 Å². The highest BCUT2D eigenvalue weighted by atomic mass is 35.5. The van der Waals surface area contributed by atoms with Gasteiger partial charge in [0.2, 0.25) is 5.95 Å². The van der Waals surface area contributed by atoms with Crippen molar-refractivity contribution in [3.63, 3.8) is 0 Å². The Morgan fingerprint density at radius 1 is 1.26 bits per heavy atom. The van der Waals surface area contributed by atoms with Crippen LogP contribution in [0, 0.1) is 0 Å². The summed E-state index contributed by atoms with van der Waals surface area (Å²) in [7, 11) is 1.93. The Balaban J connectivity index is 1.65. The van der Waals surface area contributed by atoms with Gasteiger partial charge in [-0.15, -0.1) is 25.2 Å². The number of hydrogen-bond donors (Lipinski definition) is 0. The highest BCUT2D eigenvalue weighted by Gasteiger charge is 2.32. The van der Waals surface area contributed by atoms with E-state index in [-0.39, 0.29) is 6.04 Å². The lowest BCUT2D eigenvalue weighted by Crippen LogP contribution is -2.26. The number of aryl methyl sites for hydroxylation is 1. The third-order valence-electron chi connectivity index (χ3n) is 3.96. The van der Waals surface area contributed by atoms with Gasteiger partial charge in [-0.05, 0) is 36.3 Å². The van der Waals surface area contributed by atoms with Gasteiger partial charge in [-0.1, -0.05) is 17.7 Å². The van der Waals surface area contributed by atoms with Gasteiger partial charge in [0.1, 0.15) is 6.33 Å². The van der Waals surface area contributed by atoms with Crippen LogP contribution in [0.5, 0.6) is 0 Å². The number of benzene rings is 1. The second-order valence-electron chi connectivity index (χ2n) is 5.51. The SMILES string of the molecule is Cn1cnnc1N1CCC[C@@H]1c1nnn(-c2cccc(Cl)c2)n1. The molecule has 3 aromatic rings. The molecule has 2 aromatic heterocycles. The topological polar surface area (TPSA) is 77.5 Å². The van der Waals surface area contributed by atoms with E-state index in [4.69, 9.17) is 11.6 Å². The first-order valence-corrected chi connectivity index (χ1v) is 7.76. The summed E-state index contributed by atoms with van der Waals surface area (Å²) in [6.07, 6.45) is 3.72. The molecule has 0 spiro atoms. The molecule has 1 saturated heterocycles. The minimum absolute atomic E-state index is 0.0610. The fourth-order valence-corrected chi connectivity index (χ4v) is 3.06. The third kappa shape index (κ3) is 2.55. The molecule has 0 saturated carbocycles. The molecule has 23 heavy (non-hydrogen) atoms. The number of aromatic nitrogens is 7. The standard InChI is InChI=1S/C14H15ClN8/c1-21-9-16-18-14(21)22-7-3-6-12(22)13-17-20-23(19-13)11-5-2-4-10(15)8-11/h2,4-5,8-9,12H,3,6-7H2,1H3/t12-/m1/s1. The molecule has 1 atom stereocenters. The summed E-state index contributed by atoms with van der Waals surface area (Å²) >= 11 is 6.02. The van der Waals surface area contributed by atoms with Crippen LogP contribution in [-0.2, 0) is 7.05 Å². The maximum Gasteiger partial charge on any atom is 0.227 e. The lowest BCUT2D eigenvalue weighted by Gasteiger charge is -2.22. The molecule has 1 aliphatic heterocycles. The molecule has 0 unspecified atom stereocenters. The first kappa shape index (κ1) is 14.1. The van der Waals surface area contributed by atoms with Crippen LogP contribution >= 0.6 is 11.6 Å². The van der Waals surface area contributed by atoms with Crippen LogP contribution < -0.4 is 4.90 Å². The Bertz CT molecular complexity index is 826. The molecule has 3 heterocycles. The summed E-state index contributed by atoms with van der Waals surface area (Å²) in [6.45, 7) is 0.906. The highest BCUT2D eigenvalue weighted by molar-refractivity contribution is 6.30. The zero-order chi connectivity index (χ0) is 15.8. The smallest absolute Gasteiger partial charge is 0.227 e. The van der Waals surface area contributed by atoms with E-state index in [0.29, 0.717) is 10.8 Å². The van der Waals surface area contributed by atoms with Crippen molar-refractivity contribution in [3.05, 3.63) is 41.4 Å². The van der Waals surface area contributed by atoms with E-state index in [1.165, 1.54) is 4.80 Å². The van der Waals surface area contributed by atoms with E-state index in [9.17, 15) is 0 Å². The highest BCUT2D eigenvalue weighted by Crippen LogP contribution is 2.32. The predicted octanol–water partition coefficient (Wildman–Crippen LogP) is 1.79. The average Bonchev–Trinajstić information content (AvgIpc) is 3.26. The molecule has 118 valence electrons. The normalized spacial score (nSPS) is 17.8. The van der Waals surface area contributed by atoms with E-state index >= 15 is 0 Å². The molecule has 4 rings (SSSR count). The van der Waals surface area contributed by atoms with Crippen molar-refractivity contribution in [2.45, 2.75) is 18.9 Å².